The van der Waals surface area contributed by atoms with Crippen LogP contribution in [0, 0.1) is 6.92 Å². The summed E-state index contributed by atoms with van der Waals surface area (Å²) in [5.41, 5.74) is 4.97. The summed E-state index contributed by atoms with van der Waals surface area (Å²) in [6.45, 7) is 8.74. The highest BCUT2D eigenvalue weighted by Crippen LogP contribution is 2.33. The molecule has 0 radical (unpaired) electrons. The van der Waals surface area contributed by atoms with Crippen molar-refractivity contribution in [3.8, 4) is 17.0 Å². The summed E-state index contributed by atoms with van der Waals surface area (Å²) >= 11 is 0. The zero-order chi connectivity index (χ0) is 19.4. The van der Waals surface area contributed by atoms with Crippen molar-refractivity contribution in [2.45, 2.75) is 65.8 Å². The molecule has 3 aromatic rings. The van der Waals surface area contributed by atoms with Gasteiger partial charge in [0.1, 0.15) is 29.1 Å². The van der Waals surface area contributed by atoms with Gasteiger partial charge in [0.25, 0.3) is 0 Å². The third kappa shape index (κ3) is 3.68. The van der Waals surface area contributed by atoms with Crippen molar-refractivity contribution in [1.29, 1.82) is 0 Å². The molecule has 0 aliphatic heterocycles. The molecule has 27 heavy (non-hydrogen) atoms. The molecule has 5 heteroatoms. The van der Waals surface area contributed by atoms with Gasteiger partial charge in [0, 0.05) is 18.0 Å². The molecule has 3 rings (SSSR count). The molecule has 0 bridgehead atoms. The van der Waals surface area contributed by atoms with Crippen LogP contribution in [0.3, 0.4) is 0 Å². The fraction of sp³-hybridized carbons (Fsp3) is 0.500. The van der Waals surface area contributed by atoms with E-state index >= 15 is 0 Å². The van der Waals surface area contributed by atoms with Crippen LogP contribution < -0.4 is 4.74 Å². The third-order valence-corrected chi connectivity index (χ3v) is 5.16. The molecule has 0 spiro atoms. The van der Waals surface area contributed by atoms with E-state index < -0.39 is 0 Å². The SMILES string of the molecule is CCCC(CCC)n1c(CC)nc2c(-c3ccc(OC)cc3C)ncnc21. The highest BCUT2D eigenvalue weighted by Gasteiger charge is 2.21. The highest BCUT2D eigenvalue weighted by atomic mass is 16.5. The largest absolute Gasteiger partial charge is 0.497 e. The minimum Gasteiger partial charge on any atom is -0.497 e. The summed E-state index contributed by atoms with van der Waals surface area (Å²) in [5, 5.41) is 0. The first kappa shape index (κ1) is 19.3. The lowest BCUT2D eigenvalue weighted by molar-refractivity contribution is 0.414. The topological polar surface area (TPSA) is 52.8 Å². The minimum absolute atomic E-state index is 0.444. The monoisotopic (exact) mass is 366 g/mol. The van der Waals surface area contributed by atoms with Crippen molar-refractivity contribution >= 4 is 11.2 Å². The molecular formula is C22H30N4O. The summed E-state index contributed by atoms with van der Waals surface area (Å²) in [6, 6.07) is 6.53. The quantitative estimate of drug-likeness (QED) is 0.527. The molecule has 0 saturated carbocycles. The smallest absolute Gasteiger partial charge is 0.164 e. The van der Waals surface area contributed by atoms with E-state index in [0.717, 1.165) is 71.7 Å². The van der Waals surface area contributed by atoms with Crippen LogP contribution in [0.25, 0.3) is 22.4 Å². The molecule has 5 nitrogen and oxygen atoms in total. The number of aryl methyl sites for hydroxylation is 2. The Hall–Kier alpha value is -2.43. The summed E-state index contributed by atoms with van der Waals surface area (Å²) < 4.78 is 7.71. The van der Waals surface area contributed by atoms with Gasteiger partial charge in [-0.1, -0.05) is 33.6 Å². The van der Waals surface area contributed by atoms with Crippen LogP contribution in [0.1, 0.15) is 63.9 Å². The summed E-state index contributed by atoms with van der Waals surface area (Å²) in [7, 11) is 1.69. The zero-order valence-electron chi connectivity index (χ0n) is 17.1. The van der Waals surface area contributed by atoms with Crippen molar-refractivity contribution < 1.29 is 4.74 Å². The molecule has 0 amide bonds. The number of nitrogens with zero attached hydrogens (tertiary/aromatic N) is 4. The van der Waals surface area contributed by atoms with Crippen molar-refractivity contribution in [1.82, 2.24) is 19.5 Å². The average Bonchev–Trinajstić information content (AvgIpc) is 3.06. The van der Waals surface area contributed by atoms with Gasteiger partial charge in [-0.2, -0.15) is 0 Å². The number of hydrogen-bond donors (Lipinski definition) is 0. The zero-order valence-corrected chi connectivity index (χ0v) is 17.1. The van der Waals surface area contributed by atoms with E-state index in [1.54, 1.807) is 13.4 Å². The number of benzene rings is 1. The molecule has 2 aromatic heterocycles. The van der Waals surface area contributed by atoms with Gasteiger partial charge in [0.2, 0.25) is 0 Å². The van der Waals surface area contributed by atoms with Crippen LogP contribution in [-0.4, -0.2) is 26.6 Å². The van der Waals surface area contributed by atoms with E-state index in [0.29, 0.717) is 6.04 Å². The molecular weight excluding hydrogens is 336 g/mol. The van der Waals surface area contributed by atoms with Crippen LogP contribution in [0.4, 0.5) is 0 Å². The van der Waals surface area contributed by atoms with Gasteiger partial charge in [-0.05, 0) is 43.5 Å². The van der Waals surface area contributed by atoms with Crippen LogP contribution in [0.15, 0.2) is 24.5 Å². The molecule has 0 aliphatic carbocycles. The van der Waals surface area contributed by atoms with Gasteiger partial charge in [-0.3, -0.25) is 0 Å². The first-order valence-corrected chi connectivity index (χ1v) is 10.0. The lowest BCUT2D eigenvalue weighted by atomic mass is 10.0. The Morgan fingerprint density at radius 2 is 1.81 bits per heavy atom. The van der Waals surface area contributed by atoms with Crippen LogP contribution in [0.2, 0.25) is 0 Å². The Morgan fingerprint density at radius 3 is 2.41 bits per heavy atom. The Balaban J connectivity index is 2.20. The maximum Gasteiger partial charge on any atom is 0.164 e. The first-order valence-electron chi connectivity index (χ1n) is 10.0. The van der Waals surface area contributed by atoms with Gasteiger partial charge >= 0.3 is 0 Å². The molecule has 144 valence electrons. The van der Waals surface area contributed by atoms with Crippen molar-refractivity contribution in [2.24, 2.45) is 0 Å². The average molecular weight is 367 g/mol. The maximum absolute atomic E-state index is 5.35. The highest BCUT2D eigenvalue weighted by molar-refractivity contribution is 5.88. The van der Waals surface area contributed by atoms with Crippen LogP contribution in [0.5, 0.6) is 5.75 Å². The maximum atomic E-state index is 5.35. The van der Waals surface area contributed by atoms with Gasteiger partial charge in [0.15, 0.2) is 5.65 Å². The number of methoxy groups -OCH3 is 1. The van der Waals surface area contributed by atoms with Crippen molar-refractivity contribution in [3.05, 3.63) is 35.9 Å². The minimum atomic E-state index is 0.444. The molecule has 0 unspecified atom stereocenters. The molecule has 0 atom stereocenters. The Labute approximate surface area is 161 Å². The van der Waals surface area contributed by atoms with E-state index in [-0.39, 0.29) is 0 Å². The second-order valence-electron chi connectivity index (χ2n) is 7.06. The van der Waals surface area contributed by atoms with E-state index in [2.05, 4.69) is 48.3 Å². The fourth-order valence-electron chi connectivity index (χ4n) is 3.88. The number of hydrogen-bond acceptors (Lipinski definition) is 4. The van der Waals surface area contributed by atoms with Crippen molar-refractivity contribution in [3.63, 3.8) is 0 Å². The predicted octanol–water partition coefficient (Wildman–Crippen LogP) is 5.51. The van der Waals surface area contributed by atoms with E-state index in [1.165, 1.54) is 0 Å². The van der Waals surface area contributed by atoms with Gasteiger partial charge in [-0.15, -0.1) is 0 Å². The number of rotatable bonds is 8. The van der Waals surface area contributed by atoms with E-state index in [9.17, 15) is 0 Å². The number of ether oxygens (including phenoxy) is 1. The van der Waals surface area contributed by atoms with E-state index in [1.807, 2.05) is 12.1 Å². The molecule has 0 N–H and O–H groups in total. The lowest BCUT2D eigenvalue weighted by Gasteiger charge is -2.20. The Bertz CT molecular complexity index is 910. The summed E-state index contributed by atoms with van der Waals surface area (Å²) in [6.07, 6.45) is 7.17. The molecule has 0 fully saturated rings. The second kappa shape index (κ2) is 8.51. The first-order chi connectivity index (χ1) is 13.1. The lowest BCUT2D eigenvalue weighted by Crippen LogP contribution is -2.12. The predicted molar refractivity (Wildman–Crippen MR) is 110 cm³/mol. The Morgan fingerprint density at radius 1 is 1.07 bits per heavy atom. The van der Waals surface area contributed by atoms with Gasteiger partial charge < -0.3 is 9.30 Å². The van der Waals surface area contributed by atoms with Crippen molar-refractivity contribution in [2.75, 3.05) is 7.11 Å². The van der Waals surface area contributed by atoms with Gasteiger partial charge in [-0.25, -0.2) is 15.0 Å². The normalized spacial score (nSPS) is 11.5. The van der Waals surface area contributed by atoms with E-state index in [4.69, 9.17) is 9.72 Å². The number of aromatic nitrogens is 4. The second-order valence-corrected chi connectivity index (χ2v) is 7.06. The number of imidazole rings is 1. The van der Waals surface area contributed by atoms with Gasteiger partial charge in [0.05, 0.1) is 7.11 Å². The molecule has 0 saturated heterocycles. The third-order valence-electron chi connectivity index (χ3n) is 5.16. The number of fused-ring (bicyclic) bond motifs is 1. The molecule has 0 aliphatic rings. The standard InChI is InChI=1S/C22H30N4O/c1-6-9-16(10-7-2)26-19(8-3)25-21-20(23-14-24-22(21)26)18-12-11-17(27-5)13-15(18)4/h11-14,16H,6-10H2,1-5H3. The van der Waals surface area contributed by atoms with Crippen LogP contribution >= 0.6 is 0 Å². The Kier molecular flexibility index (Phi) is 6.09. The molecule has 2 heterocycles. The molecule has 1 aromatic carbocycles. The summed E-state index contributed by atoms with van der Waals surface area (Å²) in [4.78, 5) is 14.2. The summed E-state index contributed by atoms with van der Waals surface area (Å²) in [5.74, 6) is 1.96. The fourth-order valence-corrected chi connectivity index (χ4v) is 3.88. The van der Waals surface area contributed by atoms with Crippen LogP contribution in [-0.2, 0) is 6.42 Å².